The van der Waals surface area contributed by atoms with E-state index in [-0.39, 0.29) is 0 Å². The standard InChI is InChI=1S/C29H50N2O2S/c1-22(2)10-7-11-23(3)12-8-13-24(4)14-9-15-25(5)17-19-34-21-27(29(32)33)31-28-20-26(6)16-18-30-28/h16-18,20,22-24,27H,7-15,19,21H2,1-6H3,(H,30,31)(H,32,33)/b25-17+. The van der Waals surface area contributed by atoms with E-state index in [0.29, 0.717) is 11.6 Å². The molecule has 0 bridgehead atoms. The average Bonchev–Trinajstić information content (AvgIpc) is 2.75. The van der Waals surface area contributed by atoms with Gasteiger partial charge in [-0.05, 0) is 62.1 Å². The number of nitrogens with zero attached hydrogens (tertiary/aromatic N) is 1. The summed E-state index contributed by atoms with van der Waals surface area (Å²) in [7, 11) is 0. The number of allylic oxidation sites excluding steroid dienone is 1. The highest BCUT2D eigenvalue weighted by molar-refractivity contribution is 7.99. The molecule has 0 saturated heterocycles. The topological polar surface area (TPSA) is 62.2 Å². The zero-order valence-corrected chi connectivity index (χ0v) is 23.4. The fourth-order valence-electron chi connectivity index (χ4n) is 4.16. The quantitative estimate of drug-likeness (QED) is 0.151. The number of hydrogen-bond donors (Lipinski definition) is 2. The number of carboxylic acids is 1. The van der Waals surface area contributed by atoms with E-state index in [1.165, 1.54) is 56.9 Å². The zero-order valence-electron chi connectivity index (χ0n) is 22.6. The average molecular weight is 491 g/mol. The minimum Gasteiger partial charge on any atom is -0.480 e. The van der Waals surface area contributed by atoms with Crippen LogP contribution < -0.4 is 5.32 Å². The van der Waals surface area contributed by atoms with Gasteiger partial charge in [0.05, 0.1) is 0 Å². The van der Waals surface area contributed by atoms with Gasteiger partial charge in [0.1, 0.15) is 11.9 Å². The van der Waals surface area contributed by atoms with E-state index in [0.717, 1.165) is 35.5 Å². The first-order chi connectivity index (χ1) is 16.2. The van der Waals surface area contributed by atoms with Crippen molar-refractivity contribution in [2.75, 3.05) is 16.8 Å². The van der Waals surface area contributed by atoms with E-state index in [9.17, 15) is 9.90 Å². The van der Waals surface area contributed by atoms with Gasteiger partial charge in [0.2, 0.25) is 0 Å². The Kier molecular flexibility index (Phi) is 16.1. The summed E-state index contributed by atoms with van der Waals surface area (Å²) in [5.74, 6) is 3.67. The van der Waals surface area contributed by atoms with Crippen LogP contribution in [-0.2, 0) is 4.79 Å². The van der Waals surface area contributed by atoms with Crippen LogP contribution in [-0.4, -0.2) is 33.6 Å². The van der Waals surface area contributed by atoms with Crippen molar-refractivity contribution in [2.45, 2.75) is 105 Å². The van der Waals surface area contributed by atoms with Crippen molar-refractivity contribution in [3.8, 4) is 0 Å². The summed E-state index contributed by atoms with van der Waals surface area (Å²) >= 11 is 1.65. The van der Waals surface area contributed by atoms with Crippen LogP contribution in [0.1, 0.15) is 98.0 Å². The molecule has 1 rings (SSSR count). The lowest BCUT2D eigenvalue weighted by Crippen LogP contribution is -2.32. The van der Waals surface area contributed by atoms with Crippen LogP contribution in [0, 0.1) is 24.7 Å². The molecular formula is C29H50N2O2S. The number of carboxylic acid groups (broad SMARTS) is 1. The largest absolute Gasteiger partial charge is 0.480 e. The van der Waals surface area contributed by atoms with Crippen molar-refractivity contribution in [1.29, 1.82) is 0 Å². The van der Waals surface area contributed by atoms with Crippen molar-refractivity contribution in [3.05, 3.63) is 35.5 Å². The molecule has 0 amide bonds. The number of aliphatic carboxylic acids is 1. The normalized spacial score (nSPS) is 14.7. The summed E-state index contributed by atoms with van der Waals surface area (Å²) in [6, 6.07) is 3.15. The Bertz CT molecular complexity index is 720. The zero-order chi connectivity index (χ0) is 25.3. The van der Waals surface area contributed by atoms with Crippen molar-refractivity contribution in [1.82, 2.24) is 4.98 Å². The SMILES string of the molecule is C/C(=C\CSCC(Nc1cc(C)ccn1)C(=O)O)CCCC(C)CCCC(C)CCCC(C)C. The number of pyridine rings is 1. The molecule has 0 aliphatic carbocycles. The number of aromatic nitrogens is 1. The van der Waals surface area contributed by atoms with Gasteiger partial charge in [-0.1, -0.05) is 84.3 Å². The summed E-state index contributed by atoms with van der Waals surface area (Å²) in [4.78, 5) is 15.8. The van der Waals surface area contributed by atoms with E-state index in [4.69, 9.17) is 0 Å². The molecule has 0 radical (unpaired) electrons. The molecule has 3 unspecified atom stereocenters. The molecule has 34 heavy (non-hydrogen) atoms. The van der Waals surface area contributed by atoms with Gasteiger partial charge >= 0.3 is 5.97 Å². The third-order valence-corrected chi connectivity index (χ3v) is 7.48. The molecule has 3 atom stereocenters. The molecule has 0 saturated carbocycles. The van der Waals surface area contributed by atoms with Crippen LogP contribution >= 0.6 is 11.8 Å². The summed E-state index contributed by atoms with van der Waals surface area (Å²) < 4.78 is 0. The Labute approximate surface area is 213 Å². The lowest BCUT2D eigenvalue weighted by molar-refractivity contribution is -0.137. The molecule has 1 aromatic heterocycles. The fourth-order valence-corrected chi connectivity index (χ4v) is 5.16. The number of anilines is 1. The third kappa shape index (κ3) is 15.4. The number of nitrogens with one attached hydrogen (secondary N) is 1. The van der Waals surface area contributed by atoms with Gasteiger partial charge < -0.3 is 10.4 Å². The van der Waals surface area contributed by atoms with E-state index >= 15 is 0 Å². The van der Waals surface area contributed by atoms with Crippen LogP contribution in [0.2, 0.25) is 0 Å². The van der Waals surface area contributed by atoms with E-state index in [1.54, 1.807) is 18.0 Å². The first-order valence-corrected chi connectivity index (χ1v) is 14.5. The fraction of sp³-hybridized carbons (Fsp3) is 0.724. The predicted molar refractivity (Wildman–Crippen MR) is 150 cm³/mol. The minimum atomic E-state index is -0.838. The van der Waals surface area contributed by atoms with Crippen LogP contribution in [0.15, 0.2) is 30.0 Å². The van der Waals surface area contributed by atoms with Gasteiger partial charge in [0.15, 0.2) is 0 Å². The van der Waals surface area contributed by atoms with Gasteiger partial charge in [-0.25, -0.2) is 9.78 Å². The molecule has 1 aromatic rings. The van der Waals surface area contributed by atoms with Gasteiger partial charge in [-0.15, -0.1) is 0 Å². The number of aryl methyl sites for hydroxylation is 1. The second-order valence-electron chi connectivity index (χ2n) is 10.7. The maximum atomic E-state index is 11.6. The van der Waals surface area contributed by atoms with Crippen LogP contribution in [0.5, 0.6) is 0 Å². The maximum Gasteiger partial charge on any atom is 0.327 e. The highest BCUT2D eigenvalue weighted by atomic mass is 32.2. The Morgan fingerprint density at radius 1 is 1.06 bits per heavy atom. The smallest absolute Gasteiger partial charge is 0.327 e. The first kappa shape index (κ1) is 30.5. The molecule has 0 aromatic carbocycles. The van der Waals surface area contributed by atoms with Crippen LogP contribution in [0.3, 0.4) is 0 Å². The molecular weight excluding hydrogens is 440 g/mol. The van der Waals surface area contributed by atoms with Crippen LogP contribution in [0.25, 0.3) is 0 Å². The Morgan fingerprint density at radius 3 is 2.26 bits per heavy atom. The third-order valence-electron chi connectivity index (χ3n) is 6.51. The second kappa shape index (κ2) is 17.9. The van der Waals surface area contributed by atoms with E-state index < -0.39 is 12.0 Å². The number of thioether (sulfide) groups is 1. The highest BCUT2D eigenvalue weighted by Gasteiger charge is 2.17. The number of carbonyl (C=O) groups is 1. The summed E-state index contributed by atoms with van der Waals surface area (Å²) in [6.45, 7) is 13.6. The molecule has 0 fully saturated rings. The molecule has 0 spiro atoms. The van der Waals surface area contributed by atoms with Crippen molar-refractivity contribution in [2.24, 2.45) is 17.8 Å². The monoisotopic (exact) mass is 490 g/mol. The lowest BCUT2D eigenvalue weighted by atomic mass is 9.91. The minimum absolute atomic E-state index is 0.516. The summed E-state index contributed by atoms with van der Waals surface area (Å²) in [5, 5.41) is 12.6. The molecule has 4 nitrogen and oxygen atoms in total. The lowest BCUT2D eigenvalue weighted by Gasteiger charge is -2.15. The van der Waals surface area contributed by atoms with E-state index in [2.05, 4.69) is 51.0 Å². The molecule has 5 heteroatoms. The predicted octanol–water partition coefficient (Wildman–Crippen LogP) is 8.37. The molecule has 194 valence electrons. The molecule has 0 aliphatic heterocycles. The highest BCUT2D eigenvalue weighted by Crippen LogP contribution is 2.22. The number of rotatable bonds is 19. The van der Waals surface area contributed by atoms with Gasteiger partial charge in [-0.3, -0.25) is 0 Å². The maximum absolute atomic E-state index is 11.6. The number of hydrogen-bond acceptors (Lipinski definition) is 4. The van der Waals surface area contributed by atoms with Gasteiger partial charge in [-0.2, -0.15) is 11.8 Å². The Balaban J connectivity index is 2.17. The van der Waals surface area contributed by atoms with Gasteiger partial charge in [0.25, 0.3) is 0 Å². The second-order valence-corrected chi connectivity index (χ2v) is 11.8. The van der Waals surface area contributed by atoms with Gasteiger partial charge in [0, 0.05) is 17.7 Å². The summed E-state index contributed by atoms with van der Waals surface area (Å²) in [6.07, 6.45) is 15.9. The molecule has 0 aliphatic rings. The Morgan fingerprint density at radius 2 is 1.68 bits per heavy atom. The van der Waals surface area contributed by atoms with Crippen molar-refractivity contribution < 1.29 is 9.90 Å². The van der Waals surface area contributed by atoms with Crippen molar-refractivity contribution in [3.63, 3.8) is 0 Å². The van der Waals surface area contributed by atoms with E-state index in [1.807, 2.05) is 19.1 Å². The summed E-state index contributed by atoms with van der Waals surface area (Å²) in [5.41, 5.74) is 2.48. The van der Waals surface area contributed by atoms with Crippen LogP contribution in [0.4, 0.5) is 5.82 Å². The Hall–Kier alpha value is -1.49. The molecule has 2 N–H and O–H groups in total. The molecule has 1 heterocycles. The first-order valence-electron chi connectivity index (χ1n) is 13.3. The van der Waals surface area contributed by atoms with Crippen molar-refractivity contribution >= 4 is 23.5 Å².